The van der Waals surface area contributed by atoms with E-state index >= 15 is 0 Å². The maximum Gasteiger partial charge on any atom is 0.237 e. The number of aromatic nitrogens is 1. The Balaban J connectivity index is 2.03. The molecule has 0 unspecified atom stereocenters. The molecule has 0 amide bonds. The smallest absolute Gasteiger partial charge is 0.237 e. The maximum absolute atomic E-state index is 5.71. The second-order valence-corrected chi connectivity index (χ2v) is 3.60. The lowest BCUT2D eigenvalue weighted by atomic mass is 10.3. The number of anilines is 1. The van der Waals surface area contributed by atoms with Gasteiger partial charge in [-0.3, -0.25) is 0 Å². The third-order valence-corrected chi connectivity index (χ3v) is 2.18. The van der Waals surface area contributed by atoms with Gasteiger partial charge in [0.15, 0.2) is 0 Å². The molecule has 1 aliphatic carbocycles. The zero-order valence-electron chi connectivity index (χ0n) is 7.79. The molecule has 13 heavy (non-hydrogen) atoms. The van der Waals surface area contributed by atoms with Crippen molar-refractivity contribution >= 4 is 5.69 Å². The molecule has 0 atom stereocenters. The van der Waals surface area contributed by atoms with Crippen molar-refractivity contribution in [3.8, 4) is 5.88 Å². The number of hydrogen-bond acceptors (Lipinski definition) is 3. The van der Waals surface area contributed by atoms with Crippen molar-refractivity contribution < 1.29 is 4.74 Å². The van der Waals surface area contributed by atoms with Gasteiger partial charge in [-0.15, -0.1) is 0 Å². The number of nitrogens with zero attached hydrogens (tertiary/aromatic N) is 1. The Hall–Kier alpha value is -1.25. The summed E-state index contributed by atoms with van der Waals surface area (Å²) in [5.41, 5.74) is 7.28. The van der Waals surface area contributed by atoms with Crippen LogP contribution in [0.3, 0.4) is 0 Å². The lowest BCUT2D eigenvalue weighted by Gasteiger charge is -2.07. The molecule has 3 heteroatoms. The van der Waals surface area contributed by atoms with Gasteiger partial charge in [-0.1, -0.05) is 0 Å². The number of ether oxygens (including phenoxy) is 1. The molecule has 1 heterocycles. The molecule has 0 saturated heterocycles. The van der Waals surface area contributed by atoms with E-state index in [1.54, 1.807) is 0 Å². The maximum atomic E-state index is 5.71. The molecule has 0 spiro atoms. The Morgan fingerprint density at radius 1 is 1.54 bits per heavy atom. The highest BCUT2D eigenvalue weighted by Crippen LogP contribution is 2.30. The molecule has 70 valence electrons. The summed E-state index contributed by atoms with van der Waals surface area (Å²) in [4.78, 5) is 4.23. The van der Waals surface area contributed by atoms with E-state index in [9.17, 15) is 0 Å². The summed E-state index contributed by atoms with van der Waals surface area (Å²) in [5.74, 6) is 1.33. The Morgan fingerprint density at radius 2 is 2.31 bits per heavy atom. The van der Waals surface area contributed by atoms with Crippen LogP contribution in [0.25, 0.3) is 0 Å². The molecule has 1 saturated carbocycles. The third kappa shape index (κ3) is 2.11. The van der Waals surface area contributed by atoms with Crippen molar-refractivity contribution in [2.45, 2.75) is 19.8 Å². The lowest BCUT2D eigenvalue weighted by Crippen LogP contribution is -2.04. The average Bonchev–Trinajstić information content (AvgIpc) is 2.90. The summed E-state index contributed by atoms with van der Waals surface area (Å²) in [7, 11) is 0. The molecule has 1 aromatic rings. The van der Waals surface area contributed by atoms with Crippen molar-refractivity contribution in [2.24, 2.45) is 5.92 Å². The molecule has 1 aromatic heterocycles. The van der Waals surface area contributed by atoms with Crippen LogP contribution in [0.2, 0.25) is 0 Å². The number of hydrogen-bond donors (Lipinski definition) is 1. The average molecular weight is 178 g/mol. The minimum absolute atomic E-state index is 0.590. The summed E-state index contributed by atoms with van der Waals surface area (Å²) in [6, 6.07) is 3.73. The molecule has 0 aromatic carbocycles. The molecule has 0 radical (unpaired) electrons. The summed E-state index contributed by atoms with van der Waals surface area (Å²) < 4.78 is 5.51. The van der Waals surface area contributed by atoms with Gasteiger partial charge in [0.25, 0.3) is 0 Å². The second-order valence-electron chi connectivity index (χ2n) is 3.60. The highest BCUT2D eigenvalue weighted by Gasteiger charge is 2.22. The van der Waals surface area contributed by atoms with Crippen LogP contribution in [-0.4, -0.2) is 11.6 Å². The Kier molecular flexibility index (Phi) is 2.08. The Bertz CT molecular complexity index is 308. The van der Waals surface area contributed by atoms with Gasteiger partial charge in [0.1, 0.15) is 0 Å². The van der Waals surface area contributed by atoms with Crippen molar-refractivity contribution in [2.75, 3.05) is 12.3 Å². The quantitative estimate of drug-likeness (QED) is 0.767. The molecule has 3 nitrogen and oxygen atoms in total. The minimum atomic E-state index is 0.590. The van der Waals surface area contributed by atoms with Crippen molar-refractivity contribution in [3.05, 3.63) is 17.8 Å². The second kappa shape index (κ2) is 3.24. The fourth-order valence-corrected chi connectivity index (χ4v) is 1.14. The summed E-state index contributed by atoms with van der Waals surface area (Å²) in [5, 5.41) is 0. The van der Waals surface area contributed by atoms with E-state index in [2.05, 4.69) is 4.98 Å². The van der Waals surface area contributed by atoms with Crippen LogP contribution < -0.4 is 10.5 Å². The van der Waals surface area contributed by atoms with E-state index in [0.717, 1.165) is 18.2 Å². The molecule has 1 fully saturated rings. The molecule has 0 aliphatic heterocycles. The van der Waals surface area contributed by atoms with Gasteiger partial charge in [0, 0.05) is 5.69 Å². The molecule has 2 rings (SSSR count). The standard InChI is InChI=1S/C10H14N2O/c1-7-2-5-9(11)10(12-7)13-6-8-3-4-8/h2,5,8H,3-4,6,11H2,1H3. The molecular formula is C10H14N2O. The van der Waals surface area contributed by atoms with E-state index in [4.69, 9.17) is 10.5 Å². The van der Waals surface area contributed by atoms with Crippen molar-refractivity contribution in [1.29, 1.82) is 0 Å². The first-order chi connectivity index (χ1) is 6.25. The Labute approximate surface area is 77.9 Å². The van der Waals surface area contributed by atoms with Crippen LogP contribution in [-0.2, 0) is 0 Å². The molecular weight excluding hydrogens is 164 g/mol. The van der Waals surface area contributed by atoms with Gasteiger partial charge in [0.05, 0.1) is 12.3 Å². The third-order valence-electron chi connectivity index (χ3n) is 2.18. The first-order valence-corrected chi connectivity index (χ1v) is 4.61. The van der Waals surface area contributed by atoms with E-state index in [-0.39, 0.29) is 0 Å². The van der Waals surface area contributed by atoms with Gasteiger partial charge in [-0.05, 0) is 37.8 Å². The van der Waals surface area contributed by atoms with Crippen LogP contribution in [0.15, 0.2) is 12.1 Å². The number of aryl methyl sites for hydroxylation is 1. The van der Waals surface area contributed by atoms with Gasteiger partial charge in [0.2, 0.25) is 5.88 Å². The van der Waals surface area contributed by atoms with Crippen LogP contribution in [0, 0.1) is 12.8 Å². The first-order valence-electron chi connectivity index (χ1n) is 4.61. The van der Waals surface area contributed by atoms with E-state index in [1.165, 1.54) is 12.8 Å². The fourth-order valence-electron chi connectivity index (χ4n) is 1.14. The monoisotopic (exact) mass is 178 g/mol. The van der Waals surface area contributed by atoms with Gasteiger partial charge in [-0.2, -0.15) is 0 Å². The van der Waals surface area contributed by atoms with E-state index in [1.807, 2.05) is 19.1 Å². The summed E-state index contributed by atoms with van der Waals surface area (Å²) >= 11 is 0. The SMILES string of the molecule is Cc1ccc(N)c(OCC2CC2)n1. The number of nitrogens with two attached hydrogens (primary N) is 1. The number of rotatable bonds is 3. The van der Waals surface area contributed by atoms with E-state index in [0.29, 0.717) is 11.6 Å². The predicted molar refractivity (Wildman–Crippen MR) is 51.6 cm³/mol. The molecule has 1 aliphatic rings. The largest absolute Gasteiger partial charge is 0.476 e. The number of nitrogen functional groups attached to an aromatic ring is 1. The van der Waals surface area contributed by atoms with Gasteiger partial charge >= 0.3 is 0 Å². The highest BCUT2D eigenvalue weighted by atomic mass is 16.5. The van der Waals surface area contributed by atoms with Crippen molar-refractivity contribution in [3.63, 3.8) is 0 Å². The normalized spacial score (nSPS) is 15.8. The zero-order chi connectivity index (χ0) is 9.26. The zero-order valence-corrected chi connectivity index (χ0v) is 7.79. The highest BCUT2D eigenvalue weighted by molar-refractivity contribution is 5.48. The summed E-state index contributed by atoms with van der Waals surface area (Å²) in [6.45, 7) is 2.70. The van der Waals surface area contributed by atoms with Crippen LogP contribution in [0.5, 0.6) is 5.88 Å². The molecule has 2 N–H and O–H groups in total. The molecule has 0 bridgehead atoms. The van der Waals surface area contributed by atoms with Crippen LogP contribution in [0.1, 0.15) is 18.5 Å². The number of pyridine rings is 1. The topological polar surface area (TPSA) is 48.1 Å². The first kappa shape index (κ1) is 8.35. The van der Waals surface area contributed by atoms with Crippen molar-refractivity contribution in [1.82, 2.24) is 4.98 Å². The predicted octanol–water partition coefficient (Wildman–Crippen LogP) is 1.76. The minimum Gasteiger partial charge on any atom is -0.476 e. The van der Waals surface area contributed by atoms with Crippen LogP contribution in [0.4, 0.5) is 5.69 Å². The lowest BCUT2D eigenvalue weighted by molar-refractivity contribution is 0.290. The van der Waals surface area contributed by atoms with E-state index < -0.39 is 0 Å². The van der Waals surface area contributed by atoms with Gasteiger partial charge in [-0.25, -0.2) is 4.98 Å². The van der Waals surface area contributed by atoms with Gasteiger partial charge < -0.3 is 10.5 Å². The summed E-state index contributed by atoms with van der Waals surface area (Å²) in [6.07, 6.45) is 2.57. The fraction of sp³-hybridized carbons (Fsp3) is 0.500. The van der Waals surface area contributed by atoms with Crippen LogP contribution >= 0.6 is 0 Å². The Morgan fingerprint density at radius 3 is 3.00 bits per heavy atom.